The van der Waals surface area contributed by atoms with Crippen molar-refractivity contribution in [2.75, 3.05) is 0 Å². The number of imidazole rings is 1. The van der Waals surface area contributed by atoms with Gasteiger partial charge in [-0.05, 0) is 19.1 Å². The van der Waals surface area contributed by atoms with Crippen molar-refractivity contribution >= 4 is 17.3 Å². The van der Waals surface area contributed by atoms with Crippen LogP contribution >= 0.6 is 12.2 Å². The van der Waals surface area contributed by atoms with Crippen molar-refractivity contribution in [3.63, 3.8) is 0 Å². The van der Waals surface area contributed by atoms with Crippen molar-refractivity contribution in [2.45, 2.75) is 26.1 Å². The molecule has 78 valence electrons. The lowest BCUT2D eigenvalue weighted by atomic mass is 10.3. The molecule has 14 heavy (non-hydrogen) atoms. The summed E-state index contributed by atoms with van der Waals surface area (Å²) in [5.74, 6) is 0. The molecule has 0 saturated carbocycles. The van der Waals surface area contributed by atoms with Gasteiger partial charge in [0.15, 0.2) is 5.11 Å². The number of nitrogens with zero attached hydrogens (tertiary/aromatic N) is 2. The predicted octanol–water partition coefficient (Wildman–Crippen LogP) is -0.436. The van der Waals surface area contributed by atoms with Crippen LogP contribution in [0, 0.1) is 0 Å². The molecule has 0 spiro atoms. The van der Waals surface area contributed by atoms with Crippen LogP contribution in [0.2, 0.25) is 0 Å². The summed E-state index contributed by atoms with van der Waals surface area (Å²) in [6, 6.07) is 0. The fraction of sp³-hybridized carbons (Fsp3) is 0.500. The Bertz CT molecular complexity index is 308. The maximum absolute atomic E-state index is 5.73. The molecule has 1 aromatic heterocycles. The molecule has 1 aromatic rings. The van der Waals surface area contributed by atoms with Gasteiger partial charge in [-0.2, -0.15) is 0 Å². The molecule has 6 heteroatoms. The number of hydrogen-bond donors (Lipinski definition) is 3. The summed E-state index contributed by atoms with van der Waals surface area (Å²) in [6.07, 6.45) is 4.08. The number of aryl methyl sites for hydroxylation is 1. The highest BCUT2D eigenvalue weighted by Crippen LogP contribution is 1.98. The second-order valence-electron chi connectivity index (χ2n) is 3.01. The van der Waals surface area contributed by atoms with E-state index in [9.17, 15) is 0 Å². The van der Waals surface area contributed by atoms with Gasteiger partial charge in [-0.15, -0.1) is 0 Å². The predicted molar refractivity (Wildman–Crippen MR) is 59.5 cm³/mol. The Morgan fingerprint density at radius 3 is 3.00 bits per heavy atom. The molecule has 5 N–H and O–H groups in total. The fourth-order valence-corrected chi connectivity index (χ4v) is 1.30. The van der Waals surface area contributed by atoms with Crippen molar-refractivity contribution in [1.82, 2.24) is 14.9 Å². The number of nitrogens with one attached hydrogen (secondary N) is 1. The van der Waals surface area contributed by atoms with Crippen LogP contribution in [-0.2, 0) is 13.0 Å². The Hall–Kier alpha value is -1.14. The zero-order valence-corrected chi connectivity index (χ0v) is 8.92. The molecular formula is C8H15N5S. The third kappa shape index (κ3) is 3.31. The average molecular weight is 213 g/mol. The first-order valence-electron chi connectivity index (χ1n) is 4.44. The third-order valence-electron chi connectivity index (χ3n) is 1.81. The molecule has 0 saturated heterocycles. The summed E-state index contributed by atoms with van der Waals surface area (Å²) in [6.45, 7) is 2.96. The minimum atomic E-state index is -0.271. The SMILES string of the molecule is CCn1cnc(CC(N)NC(N)=S)c1. The molecule has 0 aromatic carbocycles. The summed E-state index contributed by atoms with van der Waals surface area (Å²) >= 11 is 4.68. The molecule has 1 atom stereocenters. The minimum absolute atomic E-state index is 0.215. The fourth-order valence-electron chi connectivity index (χ4n) is 1.14. The second kappa shape index (κ2) is 4.92. The smallest absolute Gasteiger partial charge is 0.164 e. The summed E-state index contributed by atoms with van der Waals surface area (Å²) in [7, 11) is 0. The first-order valence-corrected chi connectivity index (χ1v) is 4.85. The van der Waals surface area contributed by atoms with E-state index in [4.69, 9.17) is 11.5 Å². The summed E-state index contributed by atoms with van der Waals surface area (Å²) in [5.41, 5.74) is 12.0. The van der Waals surface area contributed by atoms with Crippen molar-refractivity contribution in [3.8, 4) is 0 Å². The van der Waals surface area contributed by atoms with Crippen molar-refractivity contribution in [2.24, 2.45) is 11.5 Å². The highest BCUT2D eigenvalue weighted by atomic mass is 32.1. The van der Waals surface area contributed by atoms with Crippen LogP contribution in [0.5, 0.6) is 0 Å². The lowest BCUT2D eigenvalue weighted by Crippen LogP contribution is -2.45. The summed E-state index contributed by atoms with van der Waals surface area (Å²) in [4.78, 5) is 4.19. The van der Waals surface area contributed by atoms with Gasteiger partial charge < -0.3 is 21.4 Å². The molecule has 0 fully saturated rings. The highest BCUT2D eigenvalue weighted by Gasteiger charge is 2.05. The second-order valence-corrected chi connectivity index (χ2v) is 3.45. The number of thiocarbonyl (C=S) groups is 1. The van der Waals surface area contributed by atoms with Gasteiger partial charge in [-0.25, -0.2) is 4.98 Å². The lowest BCUT2D eigenvalue weighted by Gasteiger charge is -2.11. The molecule has 0 aliphatic rings. The van der Waals surface area contributed by atoms with Crippen LogP contribution in [0.4, 0.5) is 0 Å². The molecule has 1 rings (SSSR count). The molecule has 0 bridgehead atoms. The van der Waals surface area contributed by atoms with Crippen LogP contribution in [0.25, 0.3) is 0 Å². The first kappa shape index (κ1) is 10.9. The van der Waals surface area contributed by atoms with Gasteiger partial charge in [0.05, 0.1) is 18.2 Å². The van der Waals surface area contributed by atoms with Crippen LogP contribution in [0.3, 0.4) is 0 Å². The van der Waals surface area contributed by atoms with Gasteiger partial charge in [0.1, 0.15) is 0 Å². The van der Waals surface area contributed by atoms with E-state index in [0.717, 1.165) is 12.2 Å². The number of rotatable bonds is 4. The zero-order valence-electron chi connectivity index (χ0n) is 8.10. The van der Waals surface area contributed by atoms with E-state index in [2.05, 4.69) is 29.4 Å². The van der Waals surface area contributed by atoms with E-state index in [0.29, 0.717) is 6.42 Å². The molecule has 5 nitrogen and oxygen atoms in total. The number of hydrogen-bond acceptors (Lipinski definition) is 3. The van der Waals surface area contributed by atoms with E-state index >= 15 is 0 Å². The van der Waals surface area contributed by atoms with E-state index in [1.807, 2.05) is 10.8 Å². The standard InChI is InChI=1S/C8H15N5S/c1-2-13-4-6(11-5-13)3-7(9)12-8(10)14/h4-5,7H,2-3,9H2,1H3,(H3,10,12,14). The molecule has 0 aliphatic heterocycles. The topological polar surface area (TPSA) is 81.9 Å². The van der Waals surface area contributed by atoms with E-state index in [1.54, 1.807) is 6.33 Å². The molecule has 0 radical (unpaired) electrons. The van der Waals surface area contributed by atoms with Gasteiger partial charge in [0.2, 0.25) is 0 Å². The Labute approximate surface area is 88.5 Å². The van der Waals surface area contributed by atoms with E-state index < -0.39 is 0 Å². The summed E-state index contributed by atoms with van der Waals surface area (Å²) in [5, 5.41) is 2.97. The third-order valence-corrected chi connectivity index (χ3v) is 1.93. The zero-order chi connectivity index (χ0) is 10.6. The van der Waals surface area contributed by atoms with Gasteiger partial charge in [-0.3, -0.25) is 0 Å². The van der Waals surface area contributed by atoms with Crippen molar-refractivity contribution in [3.05, 3.63) is 18.2 Å². The normalized spacial score (nSPS) is 12.4. The average Bonchev–Trinajstić information content (AvgIpc) is 2.50. The van der Waals surface area contributed by atoms with Crippen LogP contribution in [0.15, 0.2) is 12.5 Å². The van der Waals surface area contributed by atoms with Crippen LogP contribution in [-0.4, -0.2) is 20.8 Å². The van der Waals surface area contributed by atoms with Crippen molar-refractivity contribution < 1.29 is 0 Å². The number of aromatic nitrogens is 2. The number of nitrogens with two attached hydrogens (primary N) is 2. The van der Waals surface area contributed by atoms with E-state index in [-0.39, 0.29) is 11.3 Å². The van der Waals surface area contributed by atoms with Crippen LogP contribution in [0.1, 0.15) is 12.6 Å². The lowest BCUT2D eigenvalue weighted by molar-refractivity contribution is 0.623. The molecule has 0 amide bonds. The largest absolute Gasteiger partial charge is 0.376 e. The quantitative estimate of drug-likeness (QED) is 0.467. The minimum Gasteiger partial charge on any atom is -0.376 e. The van der Waals surface area contributed by atoms with E-state index in [1.165, 1.54) is 0 Å². The maximum atomic E-state index is 5.73. The maximum Gasteiger partial charge on any atom is 0.164 e. The Balaban J connectivity index is 2.47. The molecule has 0 aliphatic carbocycles. The highest BCUT2D eigenvalue weighted by molar-refractivity contribution is 7.80. The molecular weight excluding hydrogens is 198 g/mol. The van der Waals surface area contributed by atoms with Crippen LogP contribution < -0.4 is 16.8 Å². The van der Waals surface area contributed by atoms with Gasteiger partial charge >= 0.3 is 0 Å². The van der Waals surface area contributed by atoms with Gasteiger partial charge in [-0.1, -0.05) is 0 Å². The Morgan fingerprint density at radius 2 is 2.50 bits per heavy atom. The van der Waals surface area contributed by atoms with Gasteiger partial charge in [0, 0.05) is 19.2 Å². The first-order chi connectivity index (χ1) is 6.61. The molecule has 1 heterocycles. The Morgan fingerprint density at radius 1 is 1.79 bits per heavy atom. The van der Waals surface area contributed by atoms with Crippen molar-refractivity contribution in [1.29, 1.82) is 0 Å². The monoisotopic (exact) mass is 213 g/mol. The van der Waals surface area contributed by atoms with Gasteiger partial charge in [0.25, 0.3) is 0 Å². The molecule has 1 unspecified atom stereocenters. The summed E-state index contributed by atoms with van der Waals surface area (Å²) < 4.78 is 1.99. The Kier molecular flexibility index (Phi) is 3.84.